The smallest absolute Gasteiger partial charge is 0.321 e. The first kappa shape index (κ1) is 31.6. The van der Waals surface area contributed by atoms with Crippen LogP contribution in [-0.4, -0.2) is 81.3 Å². The van der Waals surface area contributed by atoms with E-state index in [-0.39, 0.29) is 48.0 Å². The maximum absolute atomic E-state index is 13.5. The molecule has 0 bridgehead atoms. The van der Waals surface area contributed by atoms with Gasteiger partial charge >= 0.3 is 6.03 Å². The minimum atomic E-state index is -3.93. The van der Waals surface area contributed by atoms with Crippen molar-refractivity contribution < 1.29 is 32.6 Å². The van der Waals surface area contributed by atoms with Gasteiger partial charge in [0.1, 0.15) is 17.6 Å². The summed E-state index contributed by atoms with van der Waals surface area (Å²) in [6.07, 6.45) is -0.590. The van der Waals surface area contributed by atoms with E-state index < -0.39 is 22.2 Å². The molecule has 0 spiro atoms. The molecule has 0 fully saturated rings. The highest BCUT2D eigenvalue weighted by molar-refractivity contribution is 7.92. The third kappa shape index (κ3) is 7.96. The first-order valence-electron chi connectivity index (χ1n) is 13.9. The molecular formula is C31H38N4O7S. The Kier molecular flexibility index (Phi) is 10.1. The van der Waals surface area contributed by atoms with Gasteiger partial charge in [0.05, 0.1) is 37.6 Å². The second-order valence-electron chi connectivity index (χ2n) is 10.7. The zero-order chi connectivity index (χ0) is 31.1. The molecule has 230 valence electrons. The summed E-state index contributed by atoms with van der Waals surface area (Å²) >= 11 is 0. The Bertz CT molecular complexity index is 1520. The number of anilines is 2. The molecule has 1 aliphatic heterocycles. The number of carbonyl (C=O) groups is 2. The first-order chi connectivity index (χ1) is 20.5. The Morgan fingerprint density at radius 1 is 1.12 bits per heavy atom. The number of fused-ring (bicyclic) bond motifs is 1. The topological polar surface area (TPSA) is 138 Å². The van der Waals surface area contributed by atoms with Crippen molar-refractivity contribution in [3.05, 3.63) is 78.4 Å². The van der Waals surface area contributed by atoms with Crippen LogP contribution in [0.2, 0.25) is 0 Å². The van der Waals surface area contributed by atoms with E-state index in [0.29, 0.717) is 29.3 Å². The van der Waals surface area contributed by atoms with Crippen LogP contribution in [0.5, 0.6) is 11.5 Å². The van der Waals surface area contributed by atoms with E-state index in [1.54, 1.807) is 61.3 Å². The van der Waals surface area contributed by atoms with Gasteiger partial charge in [-0.1, -0.05) is 25.1 Å². The molecule has 12 heteroatoms. The third-order valence-corrected chi connectivity index (χ3v) is 8.76. The Balaban J connectivity index is 1.61. The van der Waals surface area contributed by atoms with Gasteiger partial charge in [-0.2, -0.15) is 0 Å². The number of benzene rings is 3. The minimum absolute atomic E-state index is 0.0535. The van der Waals surface area contributed by atoms with Crippen LogP contribution in [0.25, 0.3) is 0 Å². The average molecular weight is 611 g/mol. The van der Waals surface area contributed by atoms with Gasteiger partial charge in [0, 0.05) is 36.4 Å². The second-order valence-corrected chi connectivity index (χ2v) is 12.4. The zero-order valence-electron chi connectivity index (χ0n) is 24.7. The fourth-order valence-electron chi connectivity index (χ4n) is 4.77. The number of likely N-dealkylation sites (N-methyl/N-ethyl adjacent to an activating group) is 1. The summed E-state index contributed by atoms with van der Waals surface area (Å²) in [7, 11) is -0.765. The van der Waals surface area contributed by atoms with E-state index in [4.69, 9.17) is 9.47 Å². The van der Waals surface area contributed by atoms with Crippen LogP contribution >= 0.6 is 0 Å². The Morgan fingerprint density at radius 3 is 2.47 bits per heavy atom. The van der Waals surface area contributed by atoms with Gasteiger partial charge in [-0.3, -0.25) is 9.52 Å². The molecule has 11 nitrogen and oxygen atoms in total. The molecule has 0 aliphatic carbocycles. The molecule has 3 aromatic rings. The molecule has 0 aromatic heterocycles. The molecule has 0 saturated carbocycles. The van der Waals surface area contributed by atoms with Crippen molar-refractivity contribution in [1.29, 1.82) is 0 Å². The van der Waals surface area contributed by atoms with Gasteiger partial charge in [-0.25, -0.2) is 13.2 Å². The molecule has 1 heterocycles. The number of nitrogens with one attached hydrogen (secondary N) is 2. The summed E-state index contributed by atoms with van der Waals surface area (Å²) in [5, 5.41) is 12.7. The Hall–Kier alpha value is -4.29. The normalized spacial score (nSPS) is 17.8. The van der Waals surface area contributed by atoms with Crippen LogP contribution in [0, 0.1) is 5.92 Å². The minimum Gasteiger partial charge on any atom is -0.497 e. The number of carbonyl (C=O) groups excluding carboxylic acids is 2. The van der Waals surface area contributed by atoms with E-state index in [2.05, 4.69) is 10.0 Å². The van der Waals surface area contributed by atoms with Gasteiger partial charge in [0.2, 0.25) is 5.91 Å². The molecule has 43 heavy (non-hydrogen) atoms. The monoisotopic (exact) mass is 610 g/mol. The lowest BCUT2D eigenvalue weighted by molar-refractivity contribution is -0.134. The van der Waals surface area contributed by atoms with E-state index in [1.165, 1.54) is 24.1 Å². The van der Waals surface area contributed by atoms with Gasteiger partial charge in [-0.15, -0.1) is 0 Å². The number of methoxy groups -OCH3 is 1. The summed E-state index contributed by atoms with van der Waals surface area (Å²) in [5.41, 5.74) is 1.40. The number of aliphatic hydroxyl groups is 1. The lowest BCUT2D eigenvalue weighted by Gasteiger charge is -2.34. The van der Waals surface area contributed by atoms with E-state index in [1.807, 2.05) is 25.1 Å². The third-order valence-electron chi connectivity index (χ3n) is 7.36. The highest BCUT2D eigenvalue weighted by atomic mass is 32.2. The molecule has 4 rings (SSSR count). The van der Waals surface area contributed by atoms with Crippen LogP contribution in [0.3, 0.4) is 0 Å². The molecule has 3 N–H and O–H groups in total. The molecule has 3 atom stereocenters. The van der Waals surface area contributed by atoms with E-state index in [0.717, 1.165) is 0 Å². The molecule has 0 unspecified atom stereocenters. The van der Waals surface area contributed by atoms with Gasteiger partial charge in [0.15, 0.2) is 0 Å². The van der Waals surface area contributed by atoms with Crippen molar-refractivity contribution >= 4 is 33.3 Å². The number of hydrogen-bond acceptors (Lipinski definition) is 7. The van der Waals surface area contributed by atoms with E-state index >= 15 is 0 Å². The number of amides is 3. The van der Waals surface area contributed by atoms with Crippen molar-refractivity contribution in [2.75, 3.05) is 43.9 Å². The van der Waals surface area contributed by atoms with Crippen LogP contribution in [0.1, 0.15) is 19.4 Å². The predicted molar refractivity (Wildman–Crippen MR) is 164 cm³/mol. The molecule has 1 aliphatic rings. The summed E-state index contributed by atoms with van der Waals surface area (Å²) in [4.78, 5) is 29.6. The number of ether oxygens (including phenoxy) is 2. The first-order valence-corrected chi connectivity index (χ1v) is 15.4. The summed E-state index contributed by atoms with van der Waals surface area (Å²) in [6, 6.07) is 19.1. The van der Waals surface area contributed by atoms with Crippen molar-refractivity contribution in [1.82, 2.24) is 9.80 Å². The maximum atomic E-state index is 13.5. The Labute approximate surface area is 252 Å². The van der Waals surface area contributed by atoms with Crippen molar-refractivity contribution in [2.45, 2.75) is 37.3 Å². The van der Waals surface area contributed by atoms with Gasteiger partial charge in [-0.05, 0) is 61.5 Å². The van der Waals surface area contributed by atoms with Crippen LogP contribution < -0.4 is 19.5 Å². The largest absolute Gasteiger partial charge is 0.497 e. The standard InChI is InChI=1S/C31H38N4O7S/c1-21-18-35(22(2)20-36)30(37)17-23-16-25(33-43(39,40)27-13-11-26(41-4)12-14-27)10-15-28(23)42-29(21)19-34(3)31(38)32-24-8-6-5-7-9-24/h5-16,21-22,29,33,36H,17-20H2,1-4H3,(H,32,38)/t21-,22+,29+/m1/s1. The highest BCUT2D eigenvalue weighted by Crippen LogP contribution is 2.30. The lowest BCUT2D eigenvalue weighted by Crippen LogP contribution is -2.48. The number of urea groups is 1. The second kappa shape index (κ2) is 13.8. The summed E-state index contributed by atoms with van der Waals surface area (Å²) in [6.45, 7) is 3.97. The molecule has 0 saturated heterocycles. The van der Waals surface area contributed by atoms with Crippen LogP contribution in [0.15, 0.2) is 77.7 Å². The Morgan fingerprint density at radius 2 is 1.81 bits per heavy atom. The van der Waals surface area contributed by atoms with Crippen molar-refractivity contribution in [3.63, 3.8) is 0 Å². The number of aliphatic hydroxyl groups excluding tert-OH is 1. The molecule has 3 amide bonds. The lowest BCUT2D eigenvalue weighted by atomic mass is 10.0. The van der Waals surface area contributed by atoms with Crippen LogP contribution in [-0.2, 0) is 21.2 Å². The van der Waals surface area contributed by atoms with E-state index in [9.17, 15) is 23.1 Å². The molecule has 0 radical (unpaired) electrons. The van der Waals surface area contributed by atoms with Gasteiger partial charge < -0.3 is 29.7 Å². The fourth-order valence-corrected chi connectivity index (χ4v) is 5.82. The predicted octanol–water partition coefficient (Wildman–Crippen LogP) is 3.81. The quantitative estimate of drug-likeness (QED) is 0.335. The molecule has 3 aromatic carbocycles. The zero-order valence-corrected chi connectivity index (χ0v) is 25.5. The number of sulfonamides is 1. The average Bonchev–Trinajstić information content (AvgIpc) is 3.04. The SMILES string of the molecule is COc1ccc(S(=O)(=O)Nc2ccc3c(c2)CC(=O)N([C@@H](C)CO)C[C@@H](C)[C@H](CN(C)C(=O)Nc2ccccc2)O3)cc1. The van der Waals surface area contributed by atoms with Crippen LogP contribution in [0.4, 0.5) is 16.2 Å². The van der Waals surface area contributed by atoms with Gasteiger partial charge in [0.25, 0.3) is 10.0 Å². The number of nitrogens with zero attached hydrogens (tertiary/aromatic N) is 2. The summed E-state index contributed by atoms with van der Waals surface area (Å²) in [5.74, 6) is 0.488. The number of rotatable bonds is 9. The molecular weight excluding hydrogens is 572 g/mol. The number of para-hydroxylation sites is 1. The number of hydrogen-bond donors (Lipinski definition) is 3. The fraction of sp³-hybridized carbons (Fsp3) is 0.355. The van der Waals surface area contributed by atoms with Crippen molar-refractivity contribution in [2.24, 2.45) is 5.92 Å². The van der Waals surface area contributed by atoms with Crippen molar-refractivity contribution in [3.8, 4) is 11.5 Å². The highest BCUT2D eigenvalue weighted by Gasteiger charge is 2.32. The summed E-state index contributed by atoms with van der Waals surface area (Å²) < 4.78 is 40.3. The maximum Gasteiger partial charge on any atom is 0.321 e.